The number of hydrogen-bond donors (Lipinski definition) is 1. The Bertz CT molecular complexity index is 84.1. The van der Waals surface area contributed by atoms with Gasteiger partial charge >= 0.3 is 0 Å². The van der Waals surface area contributed by atoms with Crippen LogP contribution in [0, 0.1) is 0 Å². The summed E-state index contributed by atoms with van der Waals surface area (Å²) in [5.74, 6) is 0. The van der Waals surface area contributed by atoms with Crippen LogP contribution in [0.15, 0.2) is 0 Å². The van der Waals surface area contributed by atoms with Gasteiger partial charge in [0, 0.05) is 13.1 Å². The Balaban J connectivity index is 0.000000671. The smallest absolute Gasteiger partial charge is 0.0107 e. The second-order valence-corrected chi connectivity index (χ2v) is 3.24. The molecular weight excluding hydrogens is 160 g/mol. The Morgan fingerprint density at radius 2 is 1.77 bits per heavy atom. The van der Waals surface area contributed by atoms with Gasteiger partial charge in [-0.15, -0.1) is 0 Å². The molecule has 0 bridgehead atoms. The molecule has 13 heavy (non-hydrogen) atoms. The van der Waals surface area contributed by atoms with Gasteiger partial charge in [0.1, 0.15) is 0 Å². The van der Waals surface area contributed by atoms with Crippen molar-refractivity contribution in [3.63, 3.8) is 0 Å². The maximum atomic E-state index is 3.45. The van der Waals surface area contributed by atoms with Gasteiger partial charge < -0.3 is 10.2 Å². The highest BCUT2D eigenvalue weighted by molar-refractivity contribution is 4.61. The third-order valence-corrected chi connectivity index (χ3v) is 2.38. The minimum absolute atomic E-state index is 1.17. The molecule has 2 nitrogen and oxygen atoms in total. The molecule has 0 unspecified atom stereocenters. The van der Waals surface area contributed by atoms with Crippen molar-refractivity contribution in [2.75, 3.05) is 32.7 Å². The standard InChI is InChI=1S/C9H20N2.C2H6/c1-2-11-8-5-3-4-6-10-7-9-11;1-2/h10H,2-9H2,1H3;1-2H3. The molecule has 1 saturated heterocycles. The highest BCUT2D eigenvalue weighted by atomic mass is 15.1. The zero-order valence-corrected chi connectivity index (χ0v) is 9.60. The molecule has 1 aliphatic heterocycles. The van der Waals surface area contributed by atoms with Crippen molar-refractivity contribution in [3.8, 4) is 0 Å². The van der Waals surface area contributed by atoms with Crippen LogP contribution < -0.4 is 5.32 Å². The summed E-state index contributed by atoms with van der Waals surface area (Å²) in [5.41, 5.74) is 0. The Hall–Kier alpha value is -0.0800. The van der Waals surface area contributed by atoms with Gasteiger partial charge in [-0.25, -0.2) is 0 Å². The maximum absolute atomic E-state index is 3.45. The summed E-state index contributed by atoms with van der Waals surface area (Å²) >= 11 is 0. The van der Waals surface area contributed by atoms with Crippen molar-refractivity contribution in [1.82, 2.24) is 10.2 Å². The van der Waals surface area contributed by atoms with Crippen LogP contribution in [-0.2, 0) is 0 Å². The molecule has 0 aliphatic carbocycles. The normalized spacial score (nSPS) is 20.5. The molecule has 1 heterocycles. The lowest BCUT2D eigenvalue weighted by atomic mass is 10.2. The molecule has 1 aliphatic rings. The van der Waals surface area contributed by atoms with Crippen LogP contribution in [0.1, 0.15) is 40.0 Å². The summed E-state index contributed by atoms with van der Waals surface area (Å²) in [6.07, 6.45) is 4.14. The third-order valence-electron chi connectivity index (χ3n) is 2.38. The average Bonchev–Trinajstić information content (AvgIpc) is 2.33. The van der Waals surface area contributed by atoms with Crippen molar-refractivity contribution >= 4 is 0 Å². The lowest BCUT2D eigenvalue weighted by Crippen LogP contribution is -2.31. The molecule has 0 aromatic carbocycles. The summed E-state index contributed by atoms with van der Waals surface area (Å²) < 4.78 is 0. The Labute approximate surface area is 83.7 Å². The van der Waals surface area contributed by atoms with E-state index in [2.05, 4.69) is 17.1 Å². The first kappa shape index (κ1) is 12.9. The molecule has 0 radical (unpaired) electrons. The van der Waals surface area contributed by atoms with Crippen LogP contribution in [-0.4, -0.2) is 37.6 Å². The van der Waals surface area contributed by atoms with E-state index < -0.39 is 0 Å². The van der Waals surface area contributed by atoms with E-state index in [4.69, 9.17) is 0 Å². The van der Waals surface area contributed by atoms with Crippen LogP contribution in [0.3, 0.4) is 0 Å². The van der Waals surface area contributed by atoms with E-state index in [9.17, 15) is 0 Å². The van der Waals surface area contributed by atoms with E-state index in [1.165, 1.54) is 52.0 Å². The summed E-state index contributed by atoms with van der Waals surface area (Å²) in [6, 6.07) is 0. The molecule has 0 aromatic heterocycles. The predicted molar refractivity (Wildman–Crippen MR) is 60.2 cm³/mol. The minimum Gasteiger partial charge on any atom is -0.315 e. The topological polar surface area (TPSA) is 15.3 Å². The molecular formula is C11H26N2. The van der Waals surface area contributed by atoms with Crippen LogP contribution in [0.25, 0.3) is 0 Å². The monoisotopic (exact) mass is 186 g/mol. The van der Waals surface area contributed by atoms with Crippen LogP contribution in [0.4, 0.5) is 0 Å². The number of nitrogens with zero attached hydrogens (tertiary/aromatic N) is 1. The molecule has 0 saturated carbocycles. The van der Waals surface area contributed by atoms with Crippen LogP contribution in [0.2, 0.25) is 0 Å². The lowest BCUT2D eigenvalue weighted by Gasteiger charge is -2.18. The first-order valence-electron chi connectivity index (χ1n) is 5.86. The summed E-state index contributed by atoms with van der Waals surface area (Å²) in [6.45, 7) is 12.4. The summed E-state index contributed by atoms with van der Waals surface area (Å²) in [7, 11) is 0. The van der Waals surface area contributed by atoms with Gasteiger partial charge in [0.25, 0.3) is 0 Å². The highest BCUT2D eigenvalue weighted by Gasteiger charge is 2.03. The fourth-order valence-corrected chi connectivity index (χ4v) is 1.55. The van der Waals surface area contributed by atoms with Crippen molar-refractivity contribution < 1.29 is 0 Å². The van der Waals surface area contributed by atoms with Crippen LogP contribution >= 0.6 is 0 Å². The molecule has 0 atom stereocenters. The van der Waals surface area contributed by atoms with Gasteiger partial charge in [-0.05, 0) is 32.5 Å². The van der Waals surface area contributed by atoms with Gasteiger partial charge in [0.15, 0.2) is 0 Å². The fraction of sp³-hybridized carbons (Fsp3) is 1.00. The molecule has 2 heteroatoms. The highest BCUT2D eigenvalue weighted by Crippen LogP contribution is 1.99. The summed E-state index contributed by atoms with van der Waals surface area (Å²) in [4.78, 5) is 2.53. The minimum atomic E-state index is 1.17. The Kier molecular flexibility index (Phi) is 9.94. The SMILES string of the molecule is CC.CCN1CCCCCNCC1. The van der Waals surface area contributed by atoms with E-state index in [1.807, 2.05) is 13.8 Å². The largest absolute Gasteiger partial charge is 0.315 e. The van der Waals surface area contributed by atoms with Crippen molar-refractivity contribution in [3.05, 3.63) is 0 Å². The first-order chi connectivity index (χ1) is 6.43. The van der Waals surface area contributed by atoms with E-state index in [0.717, 1.165) is 0 Å². The van der Waals surface area contributed by atoms with Crippen molar-refractivity contribution in [2.45, 2.75) is 40.0 Å². The maximum Gasteiger partial charge on any atom is 0.0107 e. The van der Waals surface area contributed by atoms with Gasteiger partial charge in [-0.1, -0.05) is 27.2 Å². The van der Waals surface area contributed by atoms with E-state index in [1.54, 1.807) is 0 Å². The quantitative estimate of drug-likeness (QED) is 0.675. The number of likely N-dealkylation sites (N-methyl/N-ethyl adjacent to an activating group) is 1. The van der Waals surface area contributed by atoms with Gasteiger partial charge in [-0.3, -0.25) is 0 Å². The van der Waals surface area contributed by atoms with Crippen molar-refractivity contribution in [1.29, 1.82) is 0 Å². The first-order valence-corrected chi connectivity index (χ1v) is 5.86. The molecule has 1 fully saturated rings. The summed E-state index contributed by atoms with van der Waals surface area (Å²) in [5, 5.41) is 3.45. The van der Waals surface area contributed by atoms with Crippen LogP contribution in [0.5, 0.6) is 0 Å². The Morgan fingerprint density at radius 3 is 2.46 bits per heavy atom. The number of rotatable bonds is 1. The van der Waals surface area contributed by atoms with E-state index >= 15 is 0 Å². The lowest BCUT2D eigenvalue weighted by molar-refractivity contribution is 0.289. The third kappa shape index (κ3) is 7.03. The molecule has 1 rings (SSSR count). The molecule has 80 valence electrons. The Morgan fingerprint density at radius 1 is 1.00 bits per heavy atom. The van der Waals surface area contributed by atoms with E-state index in [0.29, 0.717) is 0 Å². The second-order valence-electron chi connectivity index (χ2n) is 3.24. The predicted octanol–water partition coefficient (Wildman–Crippen LogP) is 2.11. The zero-order valence-electron chi connectivity index (χ0n) is 9.60. The van der Waals surface area contributed by atoms with Gasteiger partial charge in [-0.2, -0.15) is 0 Å². The van der Waals surface area contributed by atoms with Crippen molar-refractivity contribution in [2.24, 2.45) is 0 Å². The average molecular weight is 186 g/mol. The molecule has 1 N–H and O–H groups in total. The fourth-order valence-electron chi connectivity index (χ4n) is 1.55. The van der Waals surface area contributed by atoms with E-state index in [-0.39, 0.29) is 0 Å². The molecule has 0 aromatic rings. The zero-order chi connectivity index (χ0) is 9.94. The molecule has 0 amide bonds. The van der Waals surface area contributed by atoms with Gasteiger partial charge in [0.2, 0.25) is 0 Å². The second kappa shape index (κ2) is 10.0. The molecule has 0 spiro atoms. The number of nitrogens with one attached hydrogen (secondary N) is 1. The van der Waals surface area contributed by atoms with Gasteiger partial charge in [0.05, 0.1) is 0 Å². The number of hydrogen-bond acceptors (Lipinski definition) is 2.